The first-order valence-corrected chi connectivity index (χ1v) is 10.2. The number of hydrogen-bond acceptors (Lipinski definition) is 3. The molecule has 28 heavy (non-hydrogen) atoms. The van der Waals surface area contributed by atoms with Crippen molar-refractivity contribution < 1.29 is 4.79 Å². The number of benzene rings is 1. The molecule has 1 aliphatic rings. The Labute approximate surface area is 166 Å². The Morgan fingerprint density at radius 3 is 2.64 bits per heavy atom. The monoisotopic (exact) mass is 376 g/mol. The minimum Gasteiger partial charge on any atom is -0.338 e. The standard InChI is InChI=1S/C23H28N4O/c1-5-27-22-21(17(4)25-27)19(23(28)26-12-6-7-16(3)14-26)13-20(24-22)18-10-8-15(2)9-11-18/h8-11,13,16H,5-7,12,14H2,1-4H3/t16-/m1/s1. The second kappa shape index (κ2) is 7.38. The largest absolute Gasteiger partial charge is 0.338 e. The van der Waals surface area contributed by atoms with Crippen LogP contribution in [-0.2, 0) is 6.54 Å². The second-order valence-corrected chi connectivity index (χ2v) is 8.02. The molecule has 5 heteroatoms. The van der Waals surface area contributed by atoms with Gasteiger partial charge in [-0.25, -0.2) is 9.67 Å². The summed E-state index contributed by atoms with van der Waals surface area (Å²) in [7, 11) is 0. The molecule has 3 heterocycles. The van der Waals surface area contributed by atoms with E-state index >= 15 is 0 Å². The first-order chi connectivity index (χ1) is 13.5. The van der Waals surface area contributed by atoms with Crippen molar-refractivity contribution in [3.63, 3.8) is 0 Å². The minimum atomic E-state index is 0.103. The van der Waals surface area contributed by atoms with Gasteiger partial charge in [-0.1, -0.05) is 36.8 Å². The SMILES string of the molecule is CCn1nc(C)c2c(C(=O)N3CCC[C@@H](C)C3)cc(-c3ccc(C)cc3)nc21. The average molecular weight is 377 g/mol. The van der Waals surface area contributed by atoms with Crippen LogP contribution in [0.4, 0.5) is 0 Å². The molecule has 146 valence electrons. The van der Waals surface area contributed by atoms with Crippen LogP contribution in [-0.4, -0.2) is 38.7 Å². The van der Waals surface area contributed by atoms with Crippen molar-refractivity contribution in [2.24, 2.45) is 5.92 Å². The maximum absolute atomic E-state index is 13.5. The fourth-order valence-corrected chi connectivity index (χ4v) is 4.16. The molecule has 1 aromatic carbocycles. The number of hydrogen-bond donors (Lipinski definition) is 0. The highest BCUT2D eigenvalue weighted by Crippen LogP contribution is 2.29. The van der Waals surface area contributed by atoms with Gasteiger partial charge in [-0.15, -0.1) is 0 Å². The summed E-state index contributed by atoms with van der Waals surface area (Å²) in [5, 5.41) is 5.53. The summed E-state index contributed by atoms with van der Waals surface area (Å²) < 4.78 is 1.90. The van der Waals surface area contributed by atoms with Gasteiger partial charge in [0, 0.05) is 25.2 Å². The van der Waals surface area contributed by atoms with Crippen molar-refractivity contribution in [3.8, 4) is 11.3 Å². The zero-order chi connectivity index (χ0) is 19.8. The van der Waals surface area contributed by atoms with E-state index < -0.39 is 0 Å². The summed E-state index contributed by atoms with van der Waals surface area (Å²) in [6, 6.07) is 10.3. The van der Waals surface area contributed by atoms with E-state index in [1.54, 1.807) is 0 Å². The topological polar surface area (TPSA) is 51.0 Å². The van der Waals surface area contributed by atoms with E-state index in [9.17, 15) is 4.79 Å². The number of amides is 1. The quantitative estimate of drug-likeness (QED) is 0.671. The maximum Gasteiger partial charge on any atom is 0.254 e. The van der Waals surface area contributed by atoms with E-state index in [1.165, 1.54) is 12.0 Å². The number of likely N-dealkylation sites (tertiary alicyclic amines) is 1. The van der Waals surface area contributed by atoms with Crippen molar-refractivity contribution in [2.45, 2.75) is 47.1 Å². The lowest BCUT2D eigenvalue weighted by molar-refractivity contribution is 0.0685. The molecule has 0 spiro atoms. The summed E-state index contributed by atoms with van der Waals surface area (Å²) in [6.07, 6.45) is 2.26. The molecular formula is C23H28N4O. The molecule has 0 N–H and O–H groups in total. The molecule has 4 rings (SSSR count). The predicted molar refractivity (Wildman–Crippen MR) is 112 cm³/mol. The first kappa shape index (κ1) is 18.7. The lowest BCUT2D eigenvalue weighted by Crippen LogP contribution is -2.39. The van der Waals surface area contributed by atoms with E-state index in [-0.39, 0.29) is 5.91 Å². The van der Waals surface area contributed by atoms with E-state index in [0.717, 1.165) is 59.6 Å². The summed E-state index contributed by atoms with van der Waals surface area (Å²) >= 11 is 0. The molecule has 1 saturated heterocycles. The van der Waals surface area contributed by atoms with Crippen molar-refractivity contribution in [2.75, 3.05) is 13.1 Å². The molecule has 3 aromatic rings. The van der Waals surface area contributed by atoms with E-state index in [1.807, 2.05) is 22.6 Å². The van der Waals surface area contributed by atoms with Gasteiger partial charge in [-0.05, 0) is 45.6 Å². The van der Waals surface area contributed by atoms with Crippen molar-refractivity contribution in [1.29, 1.82) is 0 Å². The Kier molecular flexibility index (Phi) is 4.92. The average Bonchev–Trinajstić information content (AvgIpc) is 3.03. The molecule has 0 aliphatic carbocycles. The molecule has 0 saturated carbocycles. The zero-order valence-electron chi connectivity index (χ0n) is 17.2. The number of piperidine rings is 1. The summed E-state index contributed by atoms with van der Waals surface area (Å²) in [6.45, 7) is 10.7. The number of aromatic nitrogens is 3. The lowest BCUT2D eigenvalue weighted by atomic mass is 9.98. The van der Waals surface area contributed by atoms with E-state index in [0.29, 0.717) is 5.92 Å². The van der Waals surface area contributed by atoms with Crippen LogP contribution in [0.5, 0.6) is 0 Å². The van der Waals surface area contributed by atoms with Crippen molar-refractivity contribution in [1.82, 2.24) is 19.7 Å². The van der Waals surface area contributed by atoms with Crippen LogP contribution in [0.15, 0.2) is 30.3 Å². The number of fused-ring (bicyclic) bond motifs is 1. The van der Waals surface area contributed by atoms with Crippen LogP contribution in [0.2, 0.25) is 0 Å². The Hall–Kier alpha value is -2.69. The van der Waals surface area contributed by atoms with Gasteiger partial charge in [-0.2, -0.15) is 5.10 Å². The molecule has 2 aromatic heterocycles. The van der Waals surface area contributed by atoms with Crippen LogP contribution < -0.4 is 0 Å². The summed E-state index contributed by atoms with van der Waals surface area (Å²) in [5.41, 5.74) is 5.45. The van der Waals surface area contributed by atoms with Gasteiger partial charge in [0.1, 0.15) is 0 Å². The van der Waals surface area contributed by atoms with Crippen LogP contribution in [0.3, 0.4) is 0 Å². The Morgan fingerprint density at radius 1 is 1.21 bits per heavy atom. The number of nitrogens with zero attached hydrogens (tertiary/aromatic N) is 4. The van der Waals surface area contributed by atoms with Gasteiger partial charge in [-0.3, -0.25) is 4.79 Å². The number of carbonyl (C=O) groups excluding carboxylic acids is 1. The normalized spacial score (nSPS) is 17.3. The third-order valence-electron chi connectivity index (χ3n) is 5.70. The van der Waals surface area contributed by atoms with Crippen LogP contribution >= 0.6 is 0 Å². The smallest absolute Gasteiger partial charge is 0.254 e. The molecule has 0 radical (unpaired) electrons. The van der Waals surface area contributed by atoms with Crippen LogP contribution in [0.1, 0.15) is 48.3 Å². The third-order valence-corrected chi connectivity index (χ3v) is 5.70. The predicted octanol–water partition coefficient (Wildman–Crippen LogP) is 4.61. The molecule has 1 amide bonds. The van der Waals surface area contributed by atoms with Gasteiger partial charge < -0.3 is 4.90 Å². The molecular weight excluding hydrogens is 348 g/mol. The summed E-state index contributed by atoms with van der Waals surface area (Å²) in [5.74, 6) is 0.650. The van der Waals surface area contributed by atoms with Gasteiger partial charge in [0.05, 0.1) is 22.3 Å². The fourth-order valence-electron chi connectivity index (χ4n) is 4.16. The molecule has 0 unspecified atom stereocenters. The number of rotatable bonds is 3. The molecule has 0 bridgehead atoms. The maximum atomic E-state index is 13.5. The number of carbonyl (C=O) groups is 1. The fraction of sp³-hybridized carbons (Fsp3) is 0.435. The molecule has 5 nitrogen and oxygen atoms in total. The van der Waals surface area contributed by atoms with Gasteiger partial charge in [0.25, 0.3) is 5.91 Å². The second-order valence-electron chi connectivity index (χ2n) is 8.02. The number of pyridine rings is 1. The van der Waals surface area contributed by atoms with Crippen LogP contribution in [0, 0.1) is 19.8 Å². The molecule has 1 atom stereocenters. The lowest BCUT2D eigenvalue weighted by Gasteiger charge is -2.31. The van der Waals surface area contributed by atoms with Crippen LogP contribution in [0.25, 0.3) is 22.3 Å². The summed E-state index contributed by atoms with van der Waals surface area (Å²) in [4.78, 5) is 20.4. The van der Waals surface area contributed by atoms with Crippen molar-refractivity contribution >= 4 is 16.9 Å². The number of aryl methyl sites for hydroxylation is 3. The van der Waals surface area contributed by atoms with Gasteiger partial charge in [0.2, 0.25) is 0 Å². The van der Waals surface area contributed by atoms with Gasteiger partial charge >= 0.3 is 0 Å². The van der Waals surface area contributed by atoms with E-state index in [4.69, 9.17) is 4.98 Å². The highest BCUT2D eigenvalue weighted by Gasteiger charge is 2.26. The Balaban J connectivity index is 1.89. The third kappa shape index (κ3) is 3.30. The highest BCUT2D eigenvalue weighted by atomic mass is 16.2. The molecule has 1 aliphatic heterocycles. The first-order valence-electron chi connectivity index (χ1n) is 10.2. The minimum absolute atomic E-state index is 0.103. The molecule has 1 fully saturated rings. The van der Waals surface area contributed by atoms with E-state index in [2.05, 4.69) is 50.1 Å². The Bertz CT molecular complexity index is 1020. The Morgan fingerprint density at radius 2 is 1.96 bits per heavy atom. The zero-order valence-corrected chi connectivity index (χ0v) is 17.2. The van der Waals surface area contributed by atoms with Crippen molar-refractivity contribution in [3.05, 3.63) is 47.2 Å². The highest BCUT2D eigenvalue weighted by molar-refractivity contribution is 6.07. The van der Waals surface area contributed by atoms with Gasteiger partial charge in [0.15, 0.2) is 5.65 Å².